The minimum absolute atomic E-state index is 0.0506. The molecule has 0 radical (unpaired) electrons. The maximum atomic E-state index is 15.0. The number of hydrogen-bond acceptors (Lipinski definition) is 3. The van der Waals surface area contributed by atoms with Gasteiger partial charge < -0.3 is 8.84 Å². The summed E-state index contributed by atoms with van der Waals surface area (Å²) in [6, 6.07) is 12.4. The van der Waals surface area contributed by atoms with Crippen LogP contribution in [0.1, 0.15) is 49.2 Å². The van der Waals surface area contributed by atoms with E-state index < -0.39 is 20.2 Å². The lowest BCUT2D eigenvalue weighted by molar-refractivity contribution is 0.0887. The van der Waals surface area contributed by atoms with Crippen molar-refractivity contribution in [2.45, 2.75) is 51.4 Å². The molecule has 0 aliphatic heterocycles. The number of fused-ring (bicyclic) bond motifs is 1. The molecular weight excluding hydrogens is 498 g/mol. The lowest BCUT2D eigenvalue weighted by atomic mass is 9.99. The zero-order valence-corrected chi connectivity index (χ0v) is 20.5. The summed E-state index contributed by atoms with van der Waals surface area (Å²) in [7, 11) is -2.25. The van der Waals surface area contributed by atoms with Crippen LogP contribution in [0.15, 0.2) is 53.1 Å². The molecule has 3 aromatic rings. The van der Waals surface area contributed by atoms with Gasteiger partial charge in [-0.3, -0.25) is 4.79 Å². The van der Waals surface area contributed by atoms with Gasteiger partial charge in [0.15, 0.2) is 14.1 Å². The number of hydrogen-bond donors (Lipinski definition) is 0. The van der Waals surface area contributed by atoms with Crippen molar-refractivity contribution in [1.29, 1.82) is 0 Å². The first-order valence-electron chi connectivity index (χ1n) is 9.62. The van der Waals surface area contributed by atoms with Crippen LogP contribution in [0, 0.1) is 9.39 Å². The molecule has 1 aromatic heterocycles. The van der Waals surface area contributed by atoms with Crippen LogP contribution >= 0.6 is 22.6 Å². The van der Waals surface area contributed by atoms with E-state index in [1.165, 1.54) is 12.3 Å². The number of halogens is 2. The van der Waals surface area contributed by atoms with Crippen LogP contribution in [-0.4, -0.2) is 14.1 Å². The van der Waals surface area contributed by atoms with Crippen LogP contribution in [-0.2, 0) is 4.43 Å². The summed E-state index contributed by atoms with van der Waals surface area (Å²) in [5.74, 6) is -0.461. The number of carbonyl (C=O) groups is 1. The van der Waals surface area contributed by atoms with Crippen LogP contribution < -0.4 is 0 Å². The quantitative estimate of drug-likeness (QED) is 0.190. The highest BCUT2D eigenvalue weighted by atomic mass is 127. The van der Waals surface area contributed by atoms with Crippen molar-refractivity contribution >= 4 is 47.7 Å². The molecule has 1 atom stereocenters. The third kappa shape index (κ3) is 4.81. The first-order chi connectivity index (χ1) is 13.5. The Kier molecular flexibility index (Phi) is 6.36. The lowest BCUT2D eigenvalue weighted by Crippen LogP contribution is -2.42. The summed E-state index contributed by atoms with van der Waals surface area (Å²) in [6.45, 7) is 10.6. The van der Waals surface area contributed by atoms with Crippen LogP contribution in [0.4, 0.5) is 4.39 Å². The molecule has 0 aliphatic rings. The SMILES string of the molecule is CC(C)(C)[Si](C)(C)OC(CC(=O)c1ccccc1I)c1cc2ccoc2cc1F. The van der Waals surface area contributed by atoms with Crippen molar-refractivity contribution in [2.75, 3.05) is 0 Å². The second-order valence-corrected chi connectivity index (χ2v) is 14.7. The molecule has 29 heavy (non-hydrogen) atoms. The van der Waals surface area contributed by atoms with Gasteiger partial charge in [0.2, 0.25) is 0 Å². The van der Waals surface area contributed by atoms with E-state index in [0.717, 1.165) is 8.96 Å². The Balaban J connectivity index is 2.02. The third-order valence-electron chi connectivity index (χ3n) is 5.71. The molecule has 0 saturated heterocycles. The molecule has 2 aromatic carbocycles. The maximum absolute atomic E-state index is 15.0. The van der Waals surface area contributed by atoms with E-state index in [1.54, 1.807) is 12.1 Å². The highest BCUT2D eigenvalue weighted by Gasteiger charge is 2.40. The highest BCUT2D eigenvalue weighted by Crippen LogP contribution is 2.42. The molecule has 3 rings (SSSR count). The van der Waals surface area contributed by atoms with E-state index in [2.05, 4.69) is 56.5 Å². The van der Waals surface area contributed by atoms with E-state index >= 15 is 4.39 Å². The van der Waals surface area contributed by atoms with Crippen LogP contribution in [0.3, 0.4) is 0 Å². The standard InChI is InChI=1S/C23H26FIO3Si/c1-23(2,3)29(4,5)28-22(14-20(26)16-8-6-7-9-19(16)25)17-12-15-10-11-27-21(15)13-18(17)24/h6-13,22H,14H2,1-5H3. The lowest BCUT2D eigenvalue weighted by Gasteiger charge is -2.39. The Hall–Kier alpha value is -1.51. The summed E-state index contributed by atoms with van der Waals surface area (Å²) in [4.78, 5) is 13.1. The van der Waals surface area contributed by atoms with Crippen molar-refractivity contribution < 1.29 is 18.0 Å². The fourth-order valence-corrected chi connectivity index (χ4v) is 4.93. The average molecular weight is 524 g/mol. The largest absolute Gasteiger partial charge is 0.464 e. The van der Waals surface area contributed by atoms with E-state index in [0.29, 0.717) is 16.7 Å². The molecule has 0 fully saturated rings. The molecule has 0 bridgehead atoms. The zero-order chi connectivity index (χ0) is 21.4. The van der Waals surface area contributed by atoms with Crippen molar-refractivity contribution in [3.05, 3.63) is 69.2 Å². The van der Waals surface area contributed by atoms with Crippen LogP contribution in [0.25, 0.3) is 11.0 Å². The van der Waals surface area contributed by atoms with Gasteiger partial charge in [-0.05, 0) is 58.9 Å². The van der Waals surface area contributed by atoms with Gasteiger partial charge >= 0.3 is 0 Å². The van der Waals surface area contributed by atoms with Gasteiger partial charge in [-0.1, -0.05) is 39.0 Å². The smallest absolute Gasteiger partial charge is 0.192 e. The molecule has 1 unspecified atom stereocenters. The van der Waals surface area contributed by atoms with Crippen molar-refractivity contribution in [1.82, 2.24) is 0 Å². The van der Waals surface area contributed by atoms with Gasteiger partial charge in [0.05, 0.1) is 12.4 Å². The third-order valence-corrected chi connectivity index (χ3v) is 11.1. The summed E-state index contributed by atoms with van der Waals surface area (Å²) in [5, 5.41) is 0.734. The summed E-state index contributed by atoms with van der Waals surface area (Å²) in [6.07, 6.45) is 0.973. The number of ketones is 1. The predicted octanol–water partition coefficient (Wildman–Crippen LogP) is 7.51. The van der Waals surface area contributed by atoms with Gasteiger partial charge in [0.25, 0.3) is 0 Å². The van der Waals surface area contributed by atoms with Crippen molar-refractivity contribution in [2.24, 2.45) is 0 Å². The van der Waals surface area contributed by atoms with E-state index in [9.17, 15) is 4.79 Å². The number of carbonyl (C=O) groups excluding carboxylic acids is 1. The van der Waals surface area contributed by atoms with Crippen molar-refractivity contribution in [3.63, 3.8) is 0 Å². The number of rotatable bonds is 6. The second-order valence-electron chi connectivity index (χ2n) is 8.81. The summed E-state index contributed by atoms with van der Waals surface area (Å²) in [5.41, 5.74) is 1.53. The minimum Gasteiger partial charge on any atom is -0.464 e. The monoisotopic (exact) mass is 524 g/mol. The maximum Gasteiger partial charge on any atom is 0.192 e. The van der Waals surface area contributed by atoms with E-state index in [-0.39, 0.29) is 17.2 Å². The molecule has 1 heterocycles. The average Bonchev–Trinajstić information content (AvgIpc) is 3.06. The number of Topliss-reactive ketones (excluding diaryl/α,β-unsaturated/α-hetero) is 1. The Morgan fingerprint density at radius 1 is 1.21 bits per heavy atom. The van der Waals surface area contributed by atoms with Gasteiger partial charge in [-0.25, -0.2) is 4.39 Å². The van der Waals surface area contributed by atoms with Gasteiger partial charge in [0.1, 0.15) is 11.4 Å². The van der Waals surface area contributed by atoms with E-state index in [4.69, 9.17) is 8.84 Å². The molecular formula is C23H26FIO3Si. The minimum atomic E-state index is -2.25. The normalized spacial score (nSPS) is 13.6. The molecule has 154 valence electrons. The Bertz CT molecular complexity index is 1040. The van der Waals surface area contributed by atoms with Crippen LogP contribution in [0.2, 0.25) is 18.1 Å². The second kappa shape index (κ2) is 8.32. The van der Waals surface area contributed by atoms with Gasteiger partial charge in [0, 0.05) is 32.6 Å². The molecule has 0 saturated carbocycles. The predicted molar refractivity (Wildman–Crippen MR) is 125 cm³/mol. The van der Waals surface area contributed by atoms with Gasteiger partial charge in [-0.2, -0.15) is 0 Å². The summed E-state index contributed by atoms with van der Waals surface area (Å²) >= 11 is 2.16. The number of benzene rings is 2. The Morgan fingerprint density at radius 2 is 1.90 bits per heavy atom. The Morgan fingerprint density at radius 3 is 2.55 bits per heavy atom. The molecule has 0 spiro atoms. The topological polar surface area (TPSA) is 39.4 Å². The zero-order valence-electron chi connectivity index (χ0n) is 17.4. The molecule has 3 nitrogen and oxygen atoms in total. The molecule has 0 N–H and O–H groups in total. The highest BCUT2D eigenvalue weighted by molar-refractivity contribution is 14.1. The summed E-state index contributed by atoms with van der Waals surface area (Å²) < 4.78 is 27.8. The molecule has 0 amide bonds. The Labute approximate surface area is 185 Å². The fourth-order valence-electron chi connectivity index (χ4n) is 2.96. The van der Waals surface area contributed by atoms with E-state index in [1.807, 2.05) is 24.3 Å². The first-order valence-corrected chi connectivity index (χ1v) is 13.6. The molecule has 6 heteroatoms. The first kappa shape index (κ1) is 22.2. The molecule has 0 aliphatic carbocycles. The fraction of sp³-hybridized carbons (Fsp3) is 0.348. The number of furan rings is 1. The van der Waals surface area contributed by atoms with Gasteiger partial charge in [-0.15, -0.1) is 0 Å². The van der Waals surface area contributed by atoms with Crippen LogP contribution in [0.5, 0.6) is 0 Å². The van der Waals surface area contributed by atoms with Crippen molar-refractivity contribution in [3.8, 4) is 0 Å².